The minimum Gasteiger partial charge on any atom is -0.481 e. The third kappa shape index (κ3) is 5.48. The van der Waals surface area contributed by atoms with Crippen molar-refractivity contribution in [2.45, 2.75) is 32.2 Å². The first kappa shape index (κ1) is 17.1. The molecular weight excluding hydrogens is 366 g/mol. The fraction of sp³-hybridized carbons (Fsp3) is 0.333. The lowest BCUT2D eigenvalue weighted by molar-refractivity contribution is -0.137. The summed E-state index contributed by atoms with van der Waals surface area (Å²) in [7, 11) is 0. The highest BCUT2D eigenvalue weighted by atomic mass is 79.9. The quantitative estimate of drug-likeness (QED) is 0.762. The summed E-state index contributed by atoms with van der Waals surface area (Å²) in [6, 6.07) is 6.57. The summed E-state index contributed by atoms with van der Waals surface area (Å²) in [5, 5.41) is 15.4. The summed E-state index contributed by atoms with van der Waals surface area (Å²) in [4.78, 5) is 27.1. The van der Waals surface area contributed by atoms with Crippen LogP contribution in [0.3, 0.4) is 0 Å². The standard InChI is InChI=1S/C15H16BrN3O4/c1-9-17-14(23-19-9)7-6-13(20)18-12(8-15(21)22)10-2-4-11(16)5-3-10/h2-5,12H,6-8H2,1H3,(H,18,20)(H,21,22). The summed E-state index contributed by atoms with van der Waals surface area (Å²) in [5.41, 5.74) is 0.734. The maximum absolute atomic E-state index is 12.1. The number of aryl methyl sites for hydroxylation is 2. The summed E-state index contributed by atoms with van der Waals surface area (Å²) in [6.45, 7) is 1.70. The largest absolute Gasteiger partial charge is 0.481 e. The van der Waals surface area contributed by atoms with Gasteiger partial charge >= 0.3 is 5.97 Å². The van der Waals surface area contributed by atoms with Crippen LogP contribution in [-0.4, -0.2) is 27.1 Å². The van der Waals surface area contributed by atoms with Crippen LogP contribution >= 0.6 is 15.9 Å². The van der Waals surface area contributed by atoms with Crippen LogP contribution in [0.2, 0.25) is 0 Å². The van der Waals surface area contributed by atoms with Crippen molar-refractivity contribution in [1.82, 2.24) is 15.5 Å². The normalized spacial score (nSPS) is 11.9. The van der Waals surface area contributed by atoms with Crippen molar-refractivity contribution in [3.8, 4) is 0 Å². The van der Waals surface area contributed by atoms with Crippen molar-refractivity contribution in [3.05, 3.63) is 46.0 Å². The van der Waals surface area contributed by atoms with E-state index in [9.17, 15) is 9.59 Å². The molecule has 0 aliphatic rings. The predicted molar refractivity (Wildman–Crippen MR) is 84.6 cm³/mol. The van der Waals surface area contributed by atoms with Crippen LogP contribution in [0.5, 0.6) is 0 Å². The number of hydrogen-bond acceptors (Lipinski definition) is 5. The lowest BCUT2D eigenvalue weighted by atomic mass is 10.0. The molecule has 0 saturated heterocycles. The first-order chi connectivity index (χ1) is 10.9. The minimum atomic E-state index is -0.981. The van der Waals surface area contributed by atoms with Gasteiger partial charge in [-0.25, -0.2) is 0 Å². The maximum Gasteiger partial charge on any atom is 0.305 e. The molecule has 1 aromatic carbocycles. The Morgan fingerprint density at radius 1 is 1.35 bits per heavy atom. The number of carbonyl (C=O) groups excluding carboxylic acids is 1. The number of carbonyl (C=O) groups is 2. The van der Waals surface area contributed by atoms with E-state index in [4.69, 9.17) is 9.63 Å². The van der Waals surface area contributed by atoms with E-state index in [0.29, 0.717) is 18.1 Å². The van der Waals surface area contributed by atoms with E-state index < -0.39 is 12.0 Å². The molecule has 8 heteroatoms. The van der Waals surface area contributed by atoms with Crippen LogP contribution in [0.4, 0.5) is 0 Å². The van der Waals surface area contributed by atoms with Crippen molar-refractivity contribution in [2.24, 2.45) is 0 Å². The Morgan fingerprint density at radius 3 is 2.61 bits per heavy atom. The third-order valence-electron chi connectivity index (χ3n) is 3.12. The average Bonchev–Trinajstić information content (AvgIpc) is 2.90. The Hall–Kier alpha value is -2.22. The van der Waals surface area contributed by atoms with Gasteiger partial charge in [-0.1, -0.05) is 33.2 Å². The molecular formula is C15H16BrN3O4. The number of benzene rings is 1. The summed E-state index contributed by atoms with van der Waals surface area (Å²) in [6.07, 6.45) is 0.272. The van der Waals surface area contributed by atoms with Gasteiger partial charge in [0.25, 0.3) is 0 Å². The van der Waals surface area contributed by atoms with Crippen molar-refractivity contribution in [1.29, 1.82) is 0 Å². The number of carboxylic acid groups (broad SMARTS) is 1. The number of nitrogens with one attached hydrogen (secondary N) is 1. The number of aliphatic carboxylic acids is 1. The Bertz CT molecular complexity index is 684. The van der Waals surface area contributed by atoms with Crippen molar-refractivity contribution in [3.63, 3.8) is 0 Å². The molecule has 122 valence electrons. The van der Waals surface area contributed by atoms with Gasteiger partial charge in [0.05, 0.1) is 12.5 Å². The number of amides is 1. The van der Waals surface area contributed by atoms with Crippen molar-refractivity contribution < 1.29 is 19.2 Å². The fourth-order valence-electron chi connectivity index (χ4n) is 2.05. The van der Waals surface area contributed by atoms with Crippen LogP contribution in [0.15, 0.2) is 33.3 Å². The molecule has 0 fully saturated rings. The smallest absolute Gasteiger partial charge is 0.305 e. The number of carboxylic acids is 1. The first-order valence-electron chi connectivity index (χ1n) is 7.00. The van der Waals surface area contributed by atoms with E-state index in [1.807, 2.05) is 0 Å². The average molecular weight is 382 g/mol. The molecule has 1 aromatic heterocycles. The Kier molecular flexibility index (Phi) is 5.86. The molecule has 0 bridgehead atoms. The zero-order valence-corrected chi connectivity index (χ0v) is 14.0. The van der Waals surface area contributed by atoms with Gasteiger partial charge in [0.2, 0.25) is 11.8 Å². The third-order valence-corrected chi connectivity index (χ3v) is 3.65. The first-order valence-corrected chi connectivity index (χ1v) is 7.79. The summed E-state index contributed by atoms with van der Waals surface area (Å²) >= 11 is 3.32. The molecule has 0 radical (unpaired) electrons. The Morgan fingerprint density at radius 2 is 2.04 bits per heavy atom. The number of rotatable bonds is 7. The van der Waals surface area contributed by atoms with Crippen molar-refractivity contribution >= 4 is 27.8 Å². The highest BCUT2D eigenvalue weighted by Gasteiger charge is 2.18. The van der Waals surface area contributed by atoms with Crippen LogP contribution in [-0.2, 0) is 16.0 Å². The molecule has 2 aromatic rings. The second kappa shape index (κ2) is 7.87. The molecule has 0 aliphatic heterocycles. The number of hydrogen-bond donors (Lipinski definition) is 2. The van der Waals surface area contributed by atoms with E-state index >= 15 is 0 Å². The van der Waals surface area contributed by atoms with Crippen molar-refractivity contribution in [2.75, 3.05) is 0 Å². The highest BCUT2D eigenvalue weighted by Crippen LogP contribution is 2.20. The van der Waals surface area contributed by atoms with Gasteiger partial charge in [-0.15, -0.1) is 0 Å². The Balaban J connectivity index is 1.97. The second-order valence-electron chi connectivity index (χ2n) is 5.00. The summed E-state index contributed by atoms with van der Waals surface area (Å²) in [5.74, 6) is -0.351. The van der Waals surface area contributed by atoms with Gasteiger partial charge in [-0.05, 0) is 24.6 Å². The van der Waals surface area contributed by atoms with Gasteiger partial charge < -0.3 is 14.9 Å². The van der Waals surface area contributed by atoms with E-state index in [0.717, 1.165) is 10.0 Å². The molecule has 2 rings (SSSR count). The molecule has 2 N–H and O–H groups in total. The molecule has 23 heavy (non-hydrogen) atoms. The van der Waals surface area contributed by atoms with Gasteiger partial charge in [0, 0.05) is 17.3 Å². The number of aromatic nitrogens is 2. The zero-order valence-electron chi connectivity index (χ0n) is 12.5. The van der Waals surface area contributed by atoms with Gasteiger partial charge in [0.1, 0.15) is 0 Å². The van der Waals surface area contributed by atoms with E-state index in [1.54, 1.807) is 31.2 Å². The number of halogens is 1. The minimum absolute atomic E-state index is 0.147. The van der Waals surface area contributed by atoms with Crippen LogP contribution < -0.4 is 5.32 Å². The SMILES string of the molecule is Cc1noc(CCC(=O)NC(CC(=O)O)c2ccc(Br)cc2)n1. The van der Waals surface area contributed by atoms with E-state index in [1.165, 1.54) is 0 Å². The van der Waals surface area contributed by atoms with Gasteiger partial charge in [-0.3, -0.25) is 9.59 Å². The highest BCUT2D eigenvalue weighted by molar-refractivity contribution is 9.10. The lowest BCUT2D eigenvalue weighted by Crippen LogP contribution is -2.30. The molecule has 0 spiro atoms. The van der Waals surface area contributed by atoms with Crippen LogP contribution in [0, 0.1) is 6.92 Å². The van der Waals surface area contributed by atoms with Crippen LogP contribution in [0.1, 0.15) is 36.2 Å². The van der Waals surface area contributed by atoms with Crippen LogP contribution in [0.25, 0.3) is 0 Å². The van der Waals surface area contributed by atoms with Gasteiger partial charge in [-0.2, -0.15) is 4.98 Å². The van der Waals surface area contributed by atoms with E-state index in [2.05, 4.69) is 31.4 Å². The molecule has 0 saturated carbocycles. The molecule has 1 heterocycles. The second-order valence-corrected chi connectivity index (χ2v) is 5.92. The van der Waals surface area contributed by atoms with Gasteiger partial charge in [0.15, 0.2) is 5.82 Å². The monoisotopic (exact) mass is 381 g/mol. The Labute approximate surface area is 141 Å². The summed E-state index contributed by atoms with van der Waals surface area (Å²) < 4.78 is 5.82. The predicted octanol–water partition coefficient (Wildman–Crippen LogP) is 2.41. The zero-order chi connectivity index (χ0) is 16.8. The fourth-order valence-corrected chi connectivity index (χ4v) is 2.31. The van der Waals surface area contributed by atoms with E-state index in [-0.39, 0.29) is 18.7 Å². The lowest BCUT2D eigenvalue weighted by Gasteiger charge is -2.17. The molecule has 1 unspecified atom stereocenters. The number of nitrogens with zero attached hydrogens (tertiary/aromatic N) is 2. The molecule has 1 amide bonds. The molecule has 1 atom stereocenters. The topological polar surface area (TPSA) is 105 Å². The molecule has 0 aliphatic carbocycles. The maximum atomic E-state index is 12.1. The molecule has 7 nitrogen and oxygen atoms in total.